The normalized spacial score (nSPS) is 13.1. The Morgan fingerprint density at radius 3 is 2.45 bits per heavy atom. The molecule has 2 rings (SSSR count). The predicted molar refractivity (Wildman–Crippen MR) is 91.9 cm³/mol. The minimum Gasteiger partial charge on any atom is -0.347 e. The second-order valence-corrected chi connectivity index (χ2v) is 6.89. The van der Waals surface area contributed by atoms with Crippen molar-refractivity contribution in [3.63, 3.8) is 0 Å². The summed E-state index contributed by atoms with van der Waals surface area (Å²) in [5.41, 5.74) is 1.13. The van der Waals surface area contributed by atoms with Crippen molar-refractivity contribution < 1.29 is 9.69 Å². The quantitative estimate of drug-likeness (QED) is 0.871. The van der Waals surface area contributed by atoms with Gasteiger partial charge in [0.05, 0.1) is 6.54 Å². The first-order valence-corrected chi connectivity index (χ1v) is 8.00. The van der Waals surface area contributed by atoms with E-state index in [-0.39, 0.29) is 11.4 Å². The molecule has 0 spiro atoms. The van der Waals surface area contributed by atoms with Crippen molar-refractivity contribution in [2.75, 3.05) is 13.1 Å². The molecule has 0 heterocycles. The molecule has 0 aliphatic heterocycles. The first-order valence-electron chi connectivity index (χ1n) is 8.00. The third kappa shape index (κ3) is 4.57. The fourth-order valence-corrected chi connectivity index (χ4v) is 2.72. The van der Waals surface area contributed by atoms with Gasteiger partial charge >= 0.3 is 0 Å². The summed E-state index contributed by atoms with van der Waals surface area (Å²) in [6.45, 7) is 10.5. The average molecular weight is 299 g/mol. The monoisotopic (exact) mass is 299 g/mol. The Morgan fingerprint density at radius 2 is 1.77 bits per heavy atom. The molecule has 2 N–H and O–H groups in total. The number of benzene rings is 2. The number of carbonyl (C=O) groups excluding carboxylic acids is 1. The predicted octanol–water partition coefficient (Wildman–Crippen LogP) is 2.16. The number of quaternary nitrogens is 1. The van der Waals surface area contributed by atoms with Crippen molar-refractivity contribution in [2.45, 2.75) is 39.8 Å². The molecule has 3 nitrogen and oxygen atoms in total. The van der Waals surface area contributed by atoms with Crippen LogP contribution in [0.2, 0.25) is 0 Å². The van der Waals surface area contributed by atoms with Gasteiger partial charge in [0, 0.05) is 11.1 Å². The van der Waals surface area contributed by atoms with E-state index in [0.717, 1.165) is 13.1 Å². The molecule has 0 saturated heterocycles. The summed E-state index contributed by atoms with van der Waals surface area (Å²) in [5.74, 6) is 0.115. The fourth-order valence-electron chi connectivity index (χ4n) is 2.72. The lowest BCUT2D eigenvalue weighted by atomic mass is 10.0. The van der Waals surface area contributed by atoms with Crippen LogP contribution in [0.15, 0.2) is 42.5 Å². The summed E-state index contributed by atoms with van der Waals surface area (Å²) < 4.78 is 0. The summed E-state index contributed by atoms with van der Waals surface area (Å²) in [4.78, 5) is 13.4. The van der Waals surface area contributed by atoms with Crippen molar-refractivity contribution in [1.82, 2.24) is 5.32 Å². The highest BCUT2D eigenvalue weighted by Gasteiger charge is 2.19. The lowest BCUT2D eigenvalue weighted by Crippen LogP contribution is -3.11. The molecule has 0 bridgehead atoms. The SMILES string of the molecule is CC[NH+](CC(=O)NC(C)(C)C)Cc1cccc2ccccc12. The van der Waals surface area contributed by atoms with Crippen molar-refractivity contribution in [3.05, 3.63) is 48.0 Å². The van der Waals surface area contributed by atoms with Gasteiger partial charge in [-0.1, -0.05) is 42.5 Å². The van der Waals surface area contributed by atoms with E-state index < -0.39 is 0 Å². The van der Waals surface area contributed by atoms with Gasteiger partial charge in [0.1, 0.15) is 6.54 Å². The highest BCUT2D eigenvalue weighted by molar-refractivity contribution is 5.85. The van der Waals surface area contributed by atoms with Crippen molar-refractivity contribution in [3.8, 4) is 0 Å². The van der Waals surface area contributed by atoms with Crippen molar-refractivity contribution in [1.29, 1.82) is 0 Å². The Labute approximate surface area is 133 Å². The molecule has 1 atom stereocenters. The average Bonchev–Trinajstić information content (AvgIpc) is 2.45. The maximum Gasteiger partial charge on any atom is 0.275 e. The largest absolute Gasteiger partial charge is 0.347 e. The van der Waals surface area contributed by atoms with Crippen LogP contribution in [0, 0.1) is 0 Å². The van der Waals surface area contributed by atoms with E-state index >= 15 is 0 Å². The second-order valence-electron chi connectivity index (χ2n) is 6.89. The number of hydrogen-bond acceptors (Lipinski definition) is 1. The van der Waals surface area contributed by atoms with Crippen LogP contribution >= 0.6 is 0 Å². The van der Waals surface area contributed by atoms with Crippen LogP contribution < -0.4 is 10.2 Å². The molecular weight excluding hydrogens is 272 g/mol. The molecule has 2 aromatic carbocycles. The van der Waals surface area contributed by atoms with Gasteiger partial charge in [-0.25, -0.2) is 0 Å². The van der Waals surface area contributed by atoms with E-state index in [9.17, 15) is 4.79 Å². The van der Waals surface area contributed by atoms with Gasteiger partial charge in [-0.15, -0.1) is 0 Å². The number of fused-ring (bicyclic) bond motifs is 1. The lowest BCUT2D eigenvalue weighted by molar-refractivity contribution is -0.904. The molecule has 1 unspecified atom stereocenters. The Kier molecular flexibility index (Phi) is 5.19. The summed E-state index contributed by atoms with van der Waals surface area (Å²) in [6.07, 6.45) is 0. The van der Waals surface area contributed by atoms with Crippen LogP contribution in [0.3, 0.4) is 0 Å². The highest BCUT2D eigenvalue weighted by Crippen LogP contribution is 2.17. The molecule has 2 aromatic rings. The van der Waals surface area contributed by atoms with E-state index in [0.29, 0.717) is 6.54 Å². The number of nitrogens with one attached hydrogen (secondary N) is 2. The van der Waals surface area contributed by atoms with Gasteiger partial charge in [0.15, 0.2) is 6.54 Å². The van der Waals surface area contributed by atoms with Gasteiger partial charge in [0.2, 0.25) is 0 Å². The topological polar surface area (TPSA) is 33.5 Å². The van der Waals surface area contributed by atoms with Crippen LogP contribution in [-0.4, -0.2) is 24.5 Å². The number of likely N-dealkylation sites (N-methyl/N-ethyl adjacent to an activating group) is 1. The molecule has 118 valence electrons. The highest BCUT2D eigenvalue weighted by atomic mass is 16.2. The molecule has 1 amide bonds. The standard InChI is InChI=1S/C19H26N2O/c1-5-21(14-18(22)20-19(2,3)4)13-16-11-8-10-15-9-6-7-12-17(15)16/h6-12H,5,13-14H2,1-4H3,(H,20,22)/p+1. The fraction of sp³-hybridized carbons (Fsp3) is 0.421. The lowest BCUT2D eigenvalue weighted by Gasteiger charge is -2.23. The van der Waals surface area contributed by atoms with E-state index in [2.05, 4.69) is 54.7 Å². The Hall–Kier alpha value is -1.87. The minimum absolute atomic E-state index is 0.115. The molecule has 3 heteroatoms. The van der Waals surface area contributed by atoms with Crippen LogP contribution in [0.4, 0.5) is 0 Å². The third-order valence-corrected chi connectivity index (χ3v) is 3.75. The Balaban J connectivity index is 2.11. The van der Waals surface area contributed by atoms with Gasteiger partial charge in [-0.3, -0.25) is 4.79 Å². The first kappa shape index (κ1) is 16.5. The summed E-state index contributed by atoms with van der Waals surface area (Å²) in [6, 6.07) is 14.8. The van der Waals surface area contributed by atoms with Crippen molar-refractivity contribution in [2.24, 2.45) is 0 Å². The van der Waals surface area contributed by atoms with Gasteiger partial charge in [-0.05, 0) is 38.5 Å². The van der Waals surface area contributed by atoms with E-state index in [1.807, 2.05) is 20.8 Å². The zero-order chi connectivity index (χ0) is 16.2. The molecule has 0 radical (unpaired) electrons. The summed E-state index contributed by atoms with van der Waals surface area (Å²) >= 11 is 0. The number of carbonyl (C=O) groups is 1. The zero-order valence-corrected chi connectivity index (χ0v) is 14.1. The number of amides is 1. The van der Waals surface area contributed by atoms with Crippen LogP contribution in [0.1, 0.15) is 33.3 Å². The Morgan fingerprint density at radius 1 is 1.09 bits per heavy atom. The summed E-state index contributed by atoms with van der Waals surface area (Å²) in [7, 11) is 0. The number of hydrogen-bond donors (Lipinski definition) is 2. The van der Waals surface area contributed by atoms with E-state index in [1.165, 1.54) is 21.2 Å². The van der Waals surface area contributed by atoms with E-state index in [4.69, 9.17) is 0 Å². The molecule has 0 aromatic heterocycles. The molecule has 0 saturated carbocycles. The van der Waals surface area contributed by atoms with Crippen LogP contribution in [0.5, 0.6) is 0 Å². The molecule has 0 aliphatic carbocycles. The van der Waals surface area contributed by atoms with Gasteiger partial charge < -0.3 is 10.2 Å². The van der Waals surface area contributed by atoms with Gasteiger partial charge in [-0.2, -0.15) is 0 Å². The smallest absolute Gasteiger partial charge is 0.275 e. The van der Waals surface area contributed by atoms with Crippen LogP contribution in [-0.2, 0) is 11.3 Å². The third-order valence-electron chi connectivity index (χ3n) is 3.75. The number of rotatable bonds is 5. The first-order chi connectivity index (χ1) is 10.4. The van der Waals surface area contributed by atoms with E-state index in [1.54, 1.807) is 0 Å². The molecule has 0 aliphatic rings. The second kappa shape index (κ2) is 6.93. The molecular formula is C19H27N2O+. The summed E-state index contributed by atoms with van der Waals surface area (Å²) in [5, 5.41) is 5.59. The Bertz CT molecular complexity index is 638. The van der Waals surface area contributed by atoms with Crippen molar-refractivity contribution >= 4 is 16.7 Å². The molecule has 0 fully saturated rings. The maximum absolute atomic E-state index is 12.1. The zero-order valence-electron chi connectivity index (χ0n) is 14.1. The van der Waals surface area contributed by atoms with Gasteiger partial charge in [0.25, 0.3) is 5.91 Å². The molecule has 22 heavy (non-hydrogen) atoms. The van der Waals surface area contributed by atoms with Crippen LogP contribution in [0.25, 0.3) is 10.8 Å². The maximum atomic E-state index is 12.1. The minimum atomic E-state index is -0.171.